The van der Waals surface area contributed by atoms with Crippen LogP contribution in [0.4, 0.5) is 14.5 Å². The number of halogens is 3. The Bertz CT molecular complexity index is 631. The second-order valence-electron chi connectivity index (χ2n) is 4.25. The van der Waals surface area contributed by atoms with Crippen LogP contribution in [-0.2, 0) is 17.1 Å². The highest BCUT2D eigenvalue weighted by Gasteiger charge is 2.10. The maximum atomic E-state index is 13.5. The van der Waals surface area contributed by atoms with Crippen molar-refractivity contribution >= 4 is 23.2 Å². The quantitative estimate of drug-likeness (QED) is 0.852. The van der Waals surface area contributed by atoms with Crippen molar-refractivity contribution in [3.8, 4) is 0 Å². The predicted molar refractivity (Wildman–Crippen MR) is 74.7 cm³/mol. The smallest absolute Gasteiger partial charge is 0.228 e. The molecule has 0 fully saturated rings. The number of rotatable bonds is 4. The zero-order valence-corrected chi connectivity index (χ0v) is 11.3. The summed E-state index contributed by atoms with van der Waals surface area (Å²) < 4.78 is 26.2. The summed E-state index contributed by atoms with van der Waals surface area (Å²) >= 11 is 5.77. The number of hydrogen-bond donors (Lipinski definition) is 1. The molecule has 2 aromatic rings. The van der Waals surface area contributed by atoms with E-state index < -0.39 is 11.6 Å². The maximum Gasteiger partial charge on any atom is 0.228 e. The average Bonchev–Trinajstić information content (AvgIpc) is 2.42. The highest BCUT2D eigenvalue weighted by atomic mass is 35.5. The molecular formula is C15H12ClF2NO. The summed E-state index contributed by atoms with van der Waals surface area (Å²) in [4.78, 5) is 11.9. The molecule has 0 heterocycles. The van der Waals surface area contributed by atoms with Gasteiger partial charge in [-0.2, -0.15) is 0 Å². The van der Waals surface area contributed by atoms with Crippen molar-refractivity contribution in [3.63, 3.8) is 0 Å². The van der Waals surface area contributed by atoms with E-state index in [-0.39, 0.29) is 23.8 Å². The highest BCUT2D eigenvalue weighted by molar-refractivity contribution is 6.17. The number of para-hydroxylation sites is 1. The lowest BCUT2D eigenvalue weighted by Gasteiger charge is -2.09. The zero-order chi connectivity index (χ0) is 14.5. The van der Waals surface area contributed by atoms with Crippen LogP contribution in [0.5, 0.6) is 0 Å². The Morgan fingerprint density at radius 1 is 1.10 bits per heavy atom. The van der Waals surface area contributed by atoms with Gasteiger partial charge in [-0.15, -0.1) is 11.6 Å². The fraction of sp³-hybridized carbons (Fsp3) is 0.133. The lowest BCUT2D eigenvalue weighted by Crippen LogP contribution is -2.16. The van der Waals surface area contributed by atoms with Gasteiger partial charge in [-0.1, -0.05) is 24.3 Å². The number of alkyl halides is 1. The van der Waals surface area contributed by atoms with Crippen molar-refractivity contribution in [2.75, 3.05) is 5.32 Å². The molecule has 2 rings (SSSR count). The first-order valence-corrected chi connectivity index (χ1v) is 6.51. The van der Waals surface area contributed by atoms with Crippen molar-refractivity contribution < 1.29 is 13.6 Å². The Morgan fingerprint density at radius 2 is 1.85 bits per heavy atom. The minimum Gasteiger partial charge on any atom is -0.326 e. The fourth-order valence-electron chi connectivity index (χ4n) is 1.79. The van der Waals surface area contributed by atoms with Crippen LogP contribution in [0.3, 0.4) is 0 Å². The van der Waals surface area contributed by atoms with Gasteiger partial charge < -0.3 is 5.32 Å². The normalized spacial score (nSPS) is 10.3. The van der Waals surface area contributed by atoms with Crippen LogP contribution in [-0.4, -0.2) is 5.91 Å². The first kappa shape index (κ1) is 14.5. The van der Waals surface area contributed by atoms with Gasteiger partial charge >= 0.3 is 0 Å². The van der Waals surface area contributed by atoms with E-state index >= 15 is 0 Å². The molecule has 0 saturated heterocycles. The standard InChI is InChI=1S/C15H12ClF2NO/c16-9-11-3-1-2-4-14(11)19-15(20)7-10-5-6-12(17)8-13(10)18/h1-6,8H,7,9H2,(H,19,20). The third-order valence-corrected chi connectivity index (χ3v) is 3.09. The summed E-state index contributed by atoms with van der Waals surface area (Å²) in [5.41, 5.74) is 1.52. The molecule has 104 valence electrons. The number of hydrogen-bond acceptors (Lipinski definition) is 1. The minimum atomic E-state index is -0.731. The van der Waals surface area contributed by atoms with Crippen LogP contribution in [0.2, 0.25) is 0 Å². The summed E-state index contributed by atoms with van der Waals surface area (Å²) in [6.45, 7) is 0. The maximum absolute atomic E-state index is 13.5. The van der Waals surface area contributed by atoms with Crippen molar-refractivity contribution in [3.05, 3.63) is 65.2 Å². The van der Waals surface area contributed by atoms with Gasteiger partial charge in [0.15, 0.2) is 0 Å². The zero-order valence-electron chi connectivity index (χ0n) is 10.5. The average molecular weight is 296 g/mol. The van der Waals surface area contributed by atoms with Gasteiger partial charge in [0.25, 0.3) is 0 Å². The molecule has 20 heavy (non-hydrogen) atoms. The van der Waals surface area contributed by atoms with Crippen molar-refractivity contribution in [2.45, 2.75) is 12.3 Å². The first-order chi connectivity index (χ1) is 9.60. The molecule has 0 radical (unpaired) electrons. The largest absolute Gasteiger partial charge is 0.326 e. The second-order valence-corrected chi connectivity index (χ2v) is 4.52. The number of benzene rings is 2. The van der Waals surface area contributed by atoms with Crippen molar-refractivity contribution in [1.29, 1.82) is 0 Å². The van der Waals surface area contributed by atoms with Crippen molar-refractivity contribution in [1.82, 2.24) is 0 Å². The Morgan fingerprint density at radius 3 is 2.55 bits per heavy atom. The molecular weight excluding hydrogens is 284 g/mol. The highest BCUT2D eigenvalue weighted by Crippen LogP contribution is 2.18. The van der Waals surface area contributed by atoms with E-state index in [1.54, 1.807) is 18.2 Å². The molecule has 0 aromatic heterocycles. The van der Waals surface area contributed by atoms with E-state index in [9.17, 15) is 13.6 Å². The number of nitrogens with one attached hydrogen (secondary N) is 1. The summed E-state index contributed by atoms with van der Waals surface area (Å²) in [5.74, 6) is -1.51. The summed E-state index contributed by atoms with van der Waals surface area (Å²) in [5, 5.41) is 2.67. The van der Waals surface area contributed by atoms with Gasteiger partial charge in [0, 0.05) is 17.6 Å². The van der Waals surface area contributed by atoms with Crippen LogP contribution in [0.25, 0.3) is 0 Å². The minimum absolute atomic E-state index is 0.146. The summed E-state index contributed by atoms with van der Waals surface area (Å²) in [6.07, 6.45) is -0.164. The summed E-state index contributed by atoms with van der Waals surface area (Å²) in [6, 6.07) is 10.2. The monoisotopic (exact) mass is 295 g/mol. The fourth-order valence-corrected chi connectivity index (χ4v) is 2.02. The third kappa shape index (κ3) is 3.54. The Labute approximate surface area is 120 Å². The lowest BCUT2D eigenvalue weighted by atomic mass is 10.1. The lowest BCUT2D eigenvalue weighted by molar-refractivity contribution is -0.115. The van der Waals surface area contributed by atoms with Gasteiger partial charge in [-0.3, -0.25) is 4.79 Å². The molecule has 2 aromatic carbocycles. The molecule has 0 aliphatic heterocycles. The molecule has 0 spiro atoms. The van der Waals surface area contributed by atoms with Gasteiger partial charge in [-0.05, 0) is 23.3 Å². The molecule has 1 N–H and O–H groups in total. The molecule has 5 heteroatoms. The van der Waals surface area contributed by atoms with Crippen LogP contribution < -0.4 is 5.32 Å². The van der Waals surface area contributed by atoms with Crippen LogP contribution in [0, 0.1) is 11.6 Å². The molecule has 2 nitrogen and oxygen atoms in total. The predicted octanol–water partition coefficient (Wildman–Crippen LogP) is 3.88. The molecule has 0 unspecified atom stereocenters. The van der Waals surface area contributed by atoms with Crippen LogP contribution in [0.1, 0.15) is 11.1 Å². The van der Waals surface area contributed by atoms with Gasteiger partial charge in [0.2, 0.25) is 5.91 Å². The molecule has 0 aliphatic carbocycles. The Hall–Kier alpha value is -1.94. The number of carbonyl (C=O) groups is 1. The van der Waals surface area contributed by atoms with Gasteiger partial charge in [0.1, 0.15) is 11.6 Å². The van der Waals surface area contributed by atoms with Crippen LogP contribution >= 0.6 is 11.6 Å². The molecule has 0 atom stereocenters. The van der Waals surface area contributed by atoms with Crippen molar-refractivity contribution in [2.24, 2.45) is 0 Å². The van der Waals surface area contributed by atoms with Gasteiger partial charge in [-0.25, -0.2) is 8.78 Å². The number of carbonyl (C=O) groups excluding carboxylic acids is 1. The van der Waals surface area contributed by atoms with E-state index in [1.165, 1.54) is 6.07 Å². The number of anilines is 1. The van der Waals surface area contributed by atoms with Gasteiger partial charge in [0.05, 0.1) is 6.42 Å². The third-order valence-electron chi connectivity index (χ3n) is 2.80. The van der Waals surface area contributed by atoms with E-state index in [1.807, 2.05) is 6.07 Å². The molecule has 0 bridgehead atoms. The van der Waals surface area contributed by atoms with E-state index in [0.29, 0.717) is 5.69 Å². The second kappa shape index (κ2) is 6.48. The summed E-state index contributed by atoms with van der Waals surface area (Å²) in [7, 11) is 0. The molecule has 0 saturated carbocycles. The molecule has 0 aliphatic rings. The molecule has 1 amide bonds. The SMILES string of the molecule is O=C(Cc1ccc(F)cc1F)Nc1ccccc1CCl. The topological polar surface area (TPSA) is 29.1 Å². The van der Waals surface area contributed by atoms with Crippen LogP contribution in [0.15, 0.2) is 42.5 Å². The Balaban J connectivity index is 2.09. The Kier molecular flexibility index (Phi) is 4.69. The first-order valence-electron chi connectivity index (χ1n) is 5.98. The van der Waals surface area contributed by atoms with E-state index in [2.05, 4.69) is 5.32 Å². The number of amides is 1. The van der Waals surface area contributed by atoms with E-state index in [4.69, 9.17) is 11.6 Å². The van der Waals surface area contributed by atoms with E-state index in [0.717, 1.165) is 17.7 Å².